The smallest absolute Gasteiger partial charge is 0.305 e. The zero-order chi connectivity index (χ0) is 11.6. The molecule has 0 radical (unpaired) electrons. The maximum atomic E-state index is 10.0. The van der Waals surface area contributed by atoms with Gasteiger partial charge >= 0.3 is 11.9 Å². The first-order chi connectivity index (χ1) is 6.40. The van der Waals surface area contributed by atoms with Crippen LogP contribution in [0.3, 0.4) is 0 Å². The standard InChI is InChI=1S/C5H8O4.C3H8O2/c1-4(6)8-3-9-5(2)7;1-3(5)2-4/h3H2,1-2H3;3-5H,2H2,1H3. The number of rotatable bonds is 3. The van der Waals surface area contributed by atoms with Crippen LogP contribution in [0.4, 0.5) is 0 Å². The van der Waals surface area contributed by atoms with Crippen molar-refractivity contribution in [1.82, 2.24) is 0 Å². The van der Waals surface area contributed by atoms with Gasteiger partial charge in [-0.15, -0.1) is 0 Å². The van der Waals surface area contributed by atoms with E-state index in [1.807, 2.05) is 0 Å². The van der Waals surface area contributed by atoms with Gasteiger partial charge in [-0.05, 0) is 6.92 Å². The lowest BCUT2D eigenvalue weighted by Gasteiger charge is -1.99. The van der Waals surface area contributed by atoms with Crippen molar-refractivity contribution in [1.29, 1.82) is 0 Å². The van der Waals surface area contributed by atoms with E-state index < -0.39 is 18.0 Å². The summed E-state index contributed by atoms with van der Waals surface area (Å²) in [5.41, 5.74) is 0. The molecule has 0 spiro atoms. The van der Waals surface area contributed by atoms with E-state index in [9.17, 15) is 9.59 Å². The lowest BCUT2D eigenvalue weighted by molar-refractivity contribution is -0.163. The van der Waals surface area contributed by atoms with Crippen LogP contribution >= 0.6 is 0 Å². The number of esters is 2. The van der Waals surface area contributed by atoms with Gasteiger partial charge in [-0.1, -0.05) is 0 Å². The predicted octanol–water partition coefficient (Wildman–Crippen LogP) is -0.570. The Balaban J connectivity index is 0. The van der Waals surface area contributed by atoms with Crippen LogP contribution in [0.25, 0.3) is 0 Å². The number of aliphatic hydroxyl groups excluding tert-OH is 2. The van der Waals surface area contributed by atoms with Gasteiger partial charge in [0, 0.05) is 13.8 Å². The third-order valence-electron chi connectivity index (χ3n) is 0.789. The van der Waals surface area contributed by atoms with Crippen LogP contribution in [0.2, 0.25) is 0 Å². The summed E-state index contributed by atoms with van der Waals surface area (Å²) in [7, 11) is 0. The maximum Gasteiger partial charge on any atom is 0.305 e. The van der Waals surface area contributed by atoms with Crippen molar-refractivity contribution in [2.45, 2.75) is 26.9 Å². The molecule has 1 atom stereocenters. The normalized spacial score (nSPS) is 10.6. The van der Waals surface area contributed by atoms with Gasteiger partial charge in [-0.25, -0.2) is 0 Å². The highest BCUT2D eigenvalue weighted by Crippen LogP contribution is 1.79. The van der Waals surface area contributed by atoms with Gasteiger partial charge in [0.15, 0.2) is 0 Å². The molecule has 0 bridgehead atoms. The quantitative estimate of drug-likeness (QED) is 0.476. The van der Waals surface area contributed by atoms with Crippen LogP contribution in [0, 0.1) is 0 Å². The van der Waals surface area contributed by atoms with E-state index >= 15 is 0 Å². The molecule has 0 aromatic carbocycles. The summed E-state index contributed by atoms with van der Waals surface area (Å²) >= 11 is 0. The predicted molar refractivity (Wildman–Crippen MR) is 47.2 cm³/mol. The van der Waals surface area contributed by atoms with E-state index in [1.165, 1.54) is 20.8 Å². The highest BCUT2D eigenvalue weighted by Gasteiger charge is 1.93. The first-order valence-corrected chi connectivity index (χ1v) is 3.95. The molecule has 6 nitrogen and oxygen atoms in total. The molecule has 14 heavy (non-hydrogen) atoms. The largest absolute Gasteiger partial charge is 0.428 e. The molecule has 0 saturated carbocycles. The Morgan fingerprint density at radius 3 is 1.64 bits per heavy atom. The summed E-state index contributed by atoms with van der Waals surface area (Å²) in [6, 6.07) is 0. The molecule has 0 amide bonds. The Labute approximate surface area is 82.4 Å². The second-order valence-electron chi connectivity index (χ2n) is 2.42. The molecule has 0 aliphatic rings. The Morgan fingerprint density at radius 2 is 1.50 bits per heavy atom. The molecular weight excluding hydrogens is 192 g/mol. The third kappa shape index (κ3) is 22.4. The number of carbonyl (C=O) groups is 2. The molecule has 0 aliphatic heterocycles. The van der Waals surface area contributed by atoms with Crippen molar-refractivity contribution in [3.05, 3.63) is 0 Å². The van der Waals surface area contributed by atoms with E-state index in [2.05, 4.69) is 9.47 Å². The molecule has 0 heterocycles. The minimum Gasteiger partial charge on any atom is -0.428 e. The number of carbonyl (C=O) groups excluding carboxylic acids is 2. The minimum atomic E-state index is -0.560. The summed E-state index contributed by atoms with van der Waals surface area (Å²) in [5, 5.41) is 16.0. The second kappa shape index (κ2) is 9.94. The number of hydrogen-bond acceptors (Lipinski definition) is 6. The van der Waals surface area contributed by atoms with Crippen molar-refractivity contribution in [3.63, 3.8) is 0 Å². The average molecular weight is 208 g/mol. The number of aliphatic hydroxyl groups is 2. The van der Waals surface area contributed by atoms with Crippen LogP contribution in [0.1, 0.15) is 20.8 Å². The van der Waals surface area contributed by atoms with E-state index in [1.54, 1.807) is 0 Å². The summed E-state index contributed by atoms with van der Waals surface area (Å²) in [6.45, 7) is 3.58. The first kappa shape index (κ1) is 15.3. The van der Waals surface area contributed by atoms with Crippen molar-refractivity contribution in [3.8, 4) is 0 Å². The van der Waals surface area contributed by atoms with E-state index in [0.717, 1.165) is 0 Å². The van der Waals surface area contributed by atoms with Gasteiger partial charge < -0.3 is 19.7 Å². The van der Waals surface area contributed by atoms with Gasteiger partial charge in [0.25, 0.3) is 0 Å². The van der Waals surface area contributed by atoms with Gasteiger partial charge in [0.1, 0.15) is 0 Å². The molecule has 0 aromatic rings. The highest BCUT2D eigenvalue weighted by atomic mass is 16.7. The molecule has 0 saturated heterocycles. The Hall–Kier alpha value is -1.14. The lowest BCUT2D eigenvalue weighted by atomic mass is 10.5. The lowest BCUT2D eigenvalue weighted by Crippen LogP contribution is -2.07. The molecule has 0 rings (SSSR count). The Kier molecular flexibility index (Phi) is 10.9. The number of hydrogen-bond donors (Lipinski definition) is 2. The minimum absolute atomic E-state index is 0.139. The second-order valence-corrected chi connectivity index (χ2v) is 2.42. The first-order valence-electron chi connectivity index (χ1n) is 3.95. The highest BCUT2D eigenvalue weighted by molar-refractivity contribution is 5.67. The Bertz CT molecular complexity index is 151. The van der Waals surface area contributed by atoms with Crippen molar-refractivity contribution < 1.29 is 29.3 Å². The van der Waals surface area contributed by atoms with Crippen LogP contribution in [0.5, 0.6) is 0 Å². The molecule has 0 fully saturated rings. The molecule has 0 aromatic heterocycles. The van der Waals surface area contributed by atoms with Crippen LogP contribution in [-0.2, 0) is 19.1 Å². The summed E-state index contributed by atoms with van der Waals surface area (Å²) in [4.78, 5) is 20.0. The SMILES string of the molecule is CC(=O)OCOC(C)=O.CC(O)CO. The van der Waals surface area contributed by atoms with Crippen LogP contribution in [-0.4, -0.2) is 41.7 Å². The van der Waals surface area contributed by atoms with Crippen molar-refractivity contribution in [2.75, 3.05) is 13.4 Å². The summed E-state index contributed by atoms with van der Waals surface area (Å²) < 4.78 is 8.54. The van der Waals surface area contributed by atoms with Crippen LogP contribution in [0.15, 0.2) is 0 Å². The zero-order valence-corrected chi connectivity index (χ0v) is 8.52. The molecular formula is C8H16O6. The molecule has 0 aliphatic carbocycles. The van der Waals surface area contributed by atoms with Crippen LogP contribution < -0.4 is 0 Å². The topological polar surface area (TPSA) is 93.1 Å². The average Bonchev–Trinajstić information content (AvgIpc) is 2.04. The Morgan fingerprint density at radius 1 is 1.21 bits per heavy atom. The van der Waals surface area contributed by atoms with Gasteiger partial charge in [0.05, 0.1) is 12.7 Å². The summed E-state index contributed by atoms with van der Waals surface area (Å²) in [6.07, 6.45) is -0.560. The fourth-order valence-electron chi connectivity index (χ4n) is 0.195. The van der Waals surface area contributed by atoms with Crippen molar-refractivity contribution in [2.24, 2.45) is 0 Å². The molecule has 84 valence electrons. The molecule has 6 heteroatoms. The monoisotopic (exact) mass is 208 g/mol. The third-order valence-corrected chi connectivity index (χ3v) is 0.789. The van der Waals surface area contributed by atoms with E-state index in [4.69, 9.17) is 10.2 Å². The maximum absolute atomic E-state index is 10.0. The van der Waals surface area contributed by atoms with E-state index in [-0.39, 0.29) is 13.4 Å². The fourth-order valence-corrected chi connectivity index (χ4v) is 0.195. The fraction of sp³-hybridized carbons (Fsp3) is 0.750. The van der Waals surface area contributed by atoms with E-state index in [0.29, 0.717) is 0 Å². The molecule has 2 N–H and O–H groups in total. The molecule has 1 unspecified atom stereocenters. The number of ether oxygens (including phenoxy) is 2. The van der Waals surface area contributed by atoms with Crippen molar-refractivity contribution >= 4 is 11.9 Å². The zero-order valence-electron chi connectivity index (χ0n) is 8.52. The summed E-state index contributed by atoms with van der Waals surface area (Å²) in [5.74, 6) is -0.924. The van der Waals surface area contributed by atoms with Gasteiger partial charge in [-0.2, -0.15) is 0 Å². The van der Waals surface area contributed by atoms with Gasteiger partial charge in [-0.3, -0.25) is 9.59 Å². The van der Waals surface area contributed by atoms with Gasteiger partial charge in [0.2, 0.25) is 6.79 Å².